The van der Waals surface area contributed by atoms with Gasteiger partial charge in [-0.1, -0.05) is 46.3 Å². The monoisotopic (exact) mass is 347 g/mol. The predicted octanol–water partition coefficient (Wildman–Crippen LogP) is 3.13. The molecular formula is C16H18BrN3O. The van der Waals surface area contributed by atoms with Crippen LogP contribution in [-0.4, -0.2) is 32.9 Å². The van der Waals surface area contributed by atoms with Gasteiger partial charge >= 0.3 is 0 Å². The molecule has 1 aromatic heterocycles. The third-order valence-electron chi connectivity index (χ3n) is 3.19. The Hall–Kier alpha value is -1.75. The lowest BCUT2D eigenvalue weighted by molar-refractivity contribution is 0.0753. The Kier molecular flexibility index (Phi) is 5.44. The molecule has 5 heteroatoms. The molecule has 1 aromatic carbocycles. The third-order valence-corrected chi connectivity index (χ3v) is 3.54. The molecule has 110 valence electrons. The Labute approximate surface area is 133 Å². The van der Waals surface area contributed by atoms with Crippen LogP contribution in [0.15, 0.2) is 36.4 Å². The first kappa shape index (κ1) is 15.6. The van der Waals surface area contributed by atoms with Crippen LogP contribution in [0.25, 0.3) is 0 Å². The minimum atomic E-state index is -0.00574. The number of benzene rings is 1. The fraction of sp³-hybridized carbons (Fsp3) is 0.312. The zero-order valence-electron chi connectivity index (χ0n) is 12.2. The van der Waals surface area contributed by atoms with Gasteiger partial charge in [0.15, 0.2) is 0 Å². The minimum absolute atomic E-state index is 0.00574. The molecule has 0 bridgehead atoms. The number of aryl methyl sites for hydroxylation is 2. The number of carbonyl (C=O) groups excluding carboxylic acids is 1. The highest BCUT2D eigenvalue weighted by atomic mass is 79.9. The van der Waals surface area contributed by atoms with Gasteiger partial charge < -0.3 is 4.90 Å². The van der Waals surface area contributed by atoms with Crippen LogP contribution in [0.5, 0.6) is 0 Å². The molecule has 2 rings (SSSR count). The molecule has 2 aromatic rings. The number of aromatic nitrogens is 2. The highest BCUT2D eigenvalue weighted by Gasteiger charge is 2.18. The van der Waals surface area contributed by atoms with Gasteiger partial charge in [0.25, 0.3) is 5.91 Å². The van der Waals surface area contributed by atoms with E-state index in [-0.39, 0.29) is 5.91 Å². The van der Waals surface area contributed by atoms with Gasteiger partial charge in [-0.25, -0.2) is 0 Å². The van der Waals surface area contributed by atoms with Crippen LogP contribution in [0.4, 0.5) is 0 Å². The van der Waals surface area contributed by atoms with E-state index in [0.29, 0.717) is 24.3 Å². The van der Waals surface area contributed by atoms with E-state index in [1.54, 1.807) is 6.07 Å². The minimum Gasteiger partial charge on any atom is -0.333 e. The number of carbonyl (C=O) groups is 1. The Morgan fingerprint density at radius 2 is 1.90 bits per heavy atom. The summed E-state index contributed by atoms with van der Waals surface area (Å²) in [4.78, 5) is 14.6. The van der Waals surface area contributed by atoms with Crippen LogP contribution in [0.1, 0.15) is 27.3 Å². The summed E-state index contributed by atoms with van der Waals surface area (Å²) in [5, 5.41) is 8.76. The van der Waals surface area contributed by atoms with E-state index >= 15 is 0 Å². The molecular weight excluding hydrogens is 330 g/mol. The van der Waals surface area contributed by atoms with Crippen molar-refractivity contribution in [1.29, 1.82) is 0 Å². The van der Waals surface area contributed by atoms with Crippen LogP contribution in [0, 0.1) is 13.8 Å². The Morgan fingerprint density at radius 3 is 2.57 bits per heavy atom. The zero-order chi connectivity index (χ0) is 15.2. The van der Waals surface area contributed by atoms with Crippen molar-refractivity contribution in [2.45, 2.75) is 20.4 Å². The maximum Gasteiger partial charge on any atom is 0.256 e. The number of nitrogens with zero attached hydrogens (tertiary/aromatic N) is 3. The smallest absolute Gasteiger partial charge is 0.256 e. The standard InChI is InChI=1S/C16H18BrN3O/c1-12-10-15(13(2)19-18-12)16(21)20(9-8-17)11-14-6-4-3-5-7-14/h3-7,10H,8-9,11H2,1-2H3. The lowest BCUT2D eigenvalue weighted by Gasteiger charge is -2.22. The zero-order valence-corrected chi connectivity index (χ0v) is 13.8. The van der Waals surface area contributed by atoms with Gasteiger partial charge in [-0.05, 0) is 25.5 Å². The molecule has 1 heterocycles. The van der Waals surface area contributed by atoms with Crippen molar-refractivity contribution in [2.75, 3.05) is 11.9 Å². The number of hydrogen-bond acceptors (Lipinski definition) is 3. The van der Waals surface area contributed by atoms with Crippen LogP contribution in [0.3, 0.4) is 0 Å². The maximum absolute atomic E-state index is 12.7. The van der Waals surface area contributed by atoms with Gasteiger partial charge in [-0.3, -0.25) is 4.79 Å². The van der Waals surface area contributed by atoms with Crippen molar-refractivity contribution >= 4 is 21.8 Å². The third kappa shape index (κ3) is 4.11. The molecule has 21 heavy (non-hydrogen) atoms. The summed E-state index contributed by atoms with van der Waals surface area (Å²) in [6.45, 7) is 4.89. The molecule has 0 atom stereocenters. The second-order valence-corrected chi connectivity index (χ2v) is 5.68. The van der Waals surface area contributed by atoms with Crippen LogP contribution >= 0.6 is 15.9 Å². The molecule has 0 aliphatic heterocycles. The van der Waals surface area contributed by atoms with Crippen LogP contribution < -0.4 is 0 Å². The highest BCUT2D eigenvalue weighted by Crippen LogP contribution is 2.13. The first-order chi connectivity index (χ1) is 10.1. The molecule has 0 aliphatic rings. The maximum atomic E-state index is 12.7. The number of halogens is 1. The molecule has 0 unspecified atom stereocenters. The average Bonchev–Trinajstić information content (AvgIpc) is 2.49. The molecule has 0 fully saturated rings. The second kappa shape index (κ2) is 7.31. The first-order valence-corrected chi connectivity index (χ1v) is 7.94. The Morgan fingerprint density at radius 1 is 1.19 bits per heavy atom. The summed E-state index contributed by atoms with van der Waals surface area (Å²) < 4.78 is 0. The van der Waals surface area contributed by atoms with E-state index in [1.807, 2.05) is 49.1 Å². The van der Waals surface area contributed by atoms with Crippen molar-refractivity contribution in [1.82, 2.24) is 15.1 Å². The van der Waals surface area contributed by atoms with Gasteiger partial charge in [-0.2, -0.15) is 10.2 Å². The lowest BCUT2D eigenvalue weighted by atomic mass is 10.1. The van der Waals surface area contributed by atoms with E-state index in [1.165, 1.54) is 0 Å². The van der Waals surface area contributed by atoms with Gasteiger partial charge in [0.2, 0.25) is 0 Å². The van der Waals surface area contributed by atoms with Crippen LogP contribution in [0.2, 0.25) is 0 Å². The summed E-state index contributed by atoms with van der Waals surface area (Å²) >= 11 is 3.42. The topological polar surface area (TPSA) is 46.1 Å². The summed E-state index contributed by atoms with van der Waals surface area (Å²) in [6, 6.07) is 11.8. The van der Waals surface area contributed by atoms with Crippen molar-refractivity contribution in [2.24, 2.45) is 0 Å². The summed E-state index contributed by atoms with van der Waals surface area (Å²) in [5.41, 5.74) is 3.16. The fourth-order valence-corrected chi connectivity index (χ4v) is 2.52. The molecule has 0 saturated heterocycles. The van der Waals surface area contributed by atoms with E-state index in [4.69, 9.17) is 0 Å². The molecule has 0 radical (unpaired) electrons. The van der Waals surface area contributed by atoms with Crippen molar-refractivity contribution in [3.8, 4) is 0 Å². The Balaban J connectivity index is 2.25. The van der Waals surface area contributed by atoms with Crippen molar-refractivity contribution in [3.63, 3.8) is 0 Å². The molecule has 0 saturated carbocycles. The predicted molar refractivity (Wildman–Crippen MR) is 86.5 cm³/mol. The van der Waals surface area contributed by atoms with E-state index < -0.39 is 0 Å². The van der Waals surface area contributed by atoms with Gasteiger partial charge in [0.05, 0.1) is 17.0 Å². The average molecular weight is 348 g/mol. The quantitative estimate of drug-likeness (QED) is 0.780. The number of hydrogen-bond donors (Lipinski definition) is 0. The lowest BCUT2D eigenvalue weighted by Crippen LogP contribution is -2.33. The summed E-state index contributed by atoms with van der Waals surface area (Å²) in [7, 11) is 0. The normalized spacial score (nSPS) is 10.4. The fourth-order valence-electron chi connectivity index (χ4n) is 2.10. The van der Waals surface area contributed by atoms with E-state index in [2.05, 4.69) is 26.1 Å². The SMILES string of the molecule is Cc1cc(C(=O)N(CCBr)Cc2ccccc2)c(C)nn1. The van der Waals surface area contributed by atoms with Gasteiger partial charge in [0, 0.05) is 18.4 Å². The number of alkyl halides is 1. The molecule has 1 amide bonds. The Bertz CT molecular complexity index is 616. The molecule has 0 spiro atoms. The number of amides is 1. The highest BCUT2D eigenvalue weighted by molar-refractivity contribution is 9.09. The van der Waals surface area contributed by atoms with Crippen molar-refractivity contribution in [3.05, 3.63) is 58.9 Å². The largest absolute Gasteiger partial charge is 0.333 e. The summed E-state index contributed by atoms with van der Waals surface area (Å²) in [5.74, 6) is -0.00574. The van der Waals surface area contributed by atoms with Gasteiger partial charge in [-0.15, -0.1) is 0 Å². The number of rotatable bonds is 5. The first-order valence-electron chi connectivity index (χ1n) is 6.82. The second-order valence-electron chi connectivity index (χ2n) is 4.89. The van der Waals surface area contributed by atoms with E-state index in [0.717, 1.165) is 16.6 Å². The summed E-state index contributed by atoms with van der Waals surface area (Å²) in [6.07, 6.45) is 0. The molecule has 4 nitrogen and oxygen atoms in total. The van der Waals surface area contributed by atoms with Crippen molar-refractivity contribution < 1.29 is 4.79 Å². The van der Waals surface area contributed by atoms with Crippen LogP contribution in [-0.2, 0) is 6.54 Å². The van der Waals surface area contributed by atoms with Gasteiger partial charge in [0.1, 0.15) is 0 Å². The van der Waals surface area contributed by atoms with E-state index in [9.17, 15) is 4.79 Å². The molecule has 0 N–H and O–H groups in total. The molecule has 0 aliphatic carbocycles.